The Kier molecular flexibility index (Phi) is 5.14. The Hall–Kier alpha value is -2.35. The Bertz CT molecular complexity index is 954. The smallest absolute Gasteiger partial charge is 0.180 e. The molecular formula is C22H26O7. The maximum atomic E-state index is 13.2. The first-order valence-electron chi connectivity index (χ1n) is 9.61. The molecule has 0 amide bonds. The fourth-order valence-corrected chi connectivity index (χ4v) is 4.72. The van der Waals surface area contributed by atoms with Crippen LogP contribution < -0.4 is 14.2 Å². The number of ether oxygens (including phenoxy) is 6. The van der Waals surface area contributed by atoms with Gasteiger partial charge in [-0.25, -0.2) is 0 Å². The number of hydrogen-bond donors (Lipinski definition) is 0. The predicted molar refractivity (Wildman–Crippen MR) is 106 cm³/mol. The van der Waals surface area contributed by atoms with Gasteiger partial charge in [0.2, 0.25) is 0 Å². The van der Waals surface area contributed by atoms with Gasteiger partial charge in [0.05, 0.1) is 38.4 Å². The lowest BCUT2D eigenvalue weighted by molar-refractivity contribution is -0.204. The monoisotopic (exact) mass is 402 g/mol. The van der Waals surface area contributed by atoms with Crippen molar-refractivity contribution in [1.82, 2.24) is 0 Å². The van der Waals surface area contributed by atoms with E-state index >= 15 is 0 Å². The highest BCUT2D eigenvalue weighted by Gasteiger charge is 2.60. The predicted octanol–water partition coefficient (Wildman–Crippen LogP) is 3.16. The van der Waals surface area contributed by atoms with Crippen LogP contribution in [0, 0.1) is 0 Å². The third-order valence-corrected chi connectivity index (χ3v) is 5.94. The third kappa shape index (κ3) is 2.64. The minimum atomic E-state index is -1.26. The van der Waals surface area contributed by atoms with Gasteiger partial charge in [-0.15, -0.1) is 0 Å². The van der Waals surface area contributed by atoms with Crippen LogP contribution in [-0.2, 0) is 24.6 Å². The van der Waals surface area contributed by atoms with Crippen molar-refractivity contribution in [3.8, 4) is 17.2 Å². The van der Waals surface area contributed by atoms with Gasteiger partial charge in [0.15, 0.2) is 11.4 Å². The molecule has 2 aromatic rings. The number of carbonyl (C=O) groups is 1. The first-order chi connectivity index (χ1) is 14.0. The summed E-state index contributed by atoms with van der Waals surface area (Å²) in [5, 5.41) is 1.58. The maximum absolute atomic E-state index is 13.2. The number of ketones is 1. The van der Waals surface area contributed by atoms with Crippen LogP contribution in [0.4, 0.5) is 0 Å². The number of carbonyl (C=O) groups excluding carboxylic acids is 1. The first kappa shape index (κ1) is 19.9. The largest absolute Gasteiger partial charge is 0.496 e. The molecule has 2 bridgehead atoms. The van der Waals surface area contributed by atoms with Gasteiger partial charge in [0, 0.05) is 37.2 Å². The quantitative estimate of drug-likeness (QED) is 0.659. The number of benzene rings is 2. The second-order valence-electron chi connectivity index (χ2n) is 7.21. The Morgan fingerprint density at radius 1 is 1.10 bits per heavy atom. The highest BCUT2D eigenvalue weighted by Crippen LogP contribution is 2.60. The molecule has 1 saturated heterocycles. The molecule has 0 saturated carbocycles. The molecule has 3 aliphatic rings. The molecular weight excluding hydrogens is 376 g/mol. The van der Waals surface area contributed by atoms with Crippen molar-refractivity contribution in [2.75, 3.05) is 41.7 Å². The van der Waals surface area contributed by atoms with Gasteiger partial charge in [-0.2, -0.15) is 0 Å². The average molecular weight is 402 g/mol. The maximum Gasteiger partial charge on any atom is 0.180 e. The second-order valence-corrected chi connectivity index (χ2v) is 7.21. The Morgan fingerprint density at radius 3 is 2.52 bits per heavy atom. The van der Waals surface area contributed by atoms with E-state index in [0.717, 1.165) is 16.3 Å². The summed E-state index contributed by atoms with van der Waals surface area (Å²) >= 11 is 0. The van der Waals surface area contributed by atoms with E-state index in [2.05, 4.69) is 0 Å². The summed E-state index contributed by atoms with van der Waals surface area (Å²) in [6, 6.07) is 5.71. The molecule has 2 aliphatic heterocycles. The summed E-state index contributed by atoms with van der Waals surface area (Å²) in [7, 11) is 6.35. The van der Waals surface area contributed by atoms with E-state index in [0.29, 0.717) is 36.0 Å². The van der Waals surface area contributed by atoms with Gasteiger partial charge < -0.3 is 28.4 Å². The van der Waals surface area contributed by atoms with Crippen molar-refractivity contribution in [2.24, 2.45) is 0 Å². The summed E-state index contributed by atoms with van der Waals surface area (Å²) in [4.78, 5) is 13.2. The molecule has 1 aliphatic carbocycles. The average Bonchev–Trinajstić information content (AvgIpc) is 2.73. The van der Waals surface area contributed by atoms with E-state index in [1.165, 1.54) is 7.11 Å². The summed E-state index contributed by atoms with van der Waals surface area (Å²) in [5.41, 5.74) is 0.217. The molecule has 156 valence electrons. The van der Waals surface area contributed by atoms with Crippen LogP contribution in [0.5, 0.6) is 17.2 Å². The zero-order valence-corrected chi connectivity index (χ0v) is 17.4. The van der Waals surface area contributed by atoms with Crippen LogP contribution in [0.3, 0.4) is 0 Å². The minimum Gasteiger partial charge on any atom is -0.496 e. The fourth-order valence-electron chi connectivity index (χ4n) is 4.72. The summed E-state index contributed by atoms with van der Waals surface area (Å²) in [6.45, 7) is 2.65. The molecule has 1 fully saturated rings. The van der Waals surface area contributed by atoms with Gasteiger partial charge in [-0.3, -0.25) is 4.79 Å². The molecule has 5 rings (SSSR count). The normalized spacial score (nSPS) is 25.2. The van der Waals surface area contributed by atoms with E-state index in [1.54, 1.807) is 21.3 Å². The molecule has 0 spiro atoms. The van der Waals surface area contributed by atoms with Crippen molar-refractivity contribution in [1.29, 1.82) is 0 Å². The highest BCUT2D eigenvalue weighted by atomic mass is 16.6. The van der Waals surface area contributed by atoms with Crippen LogP contribution in [0.25, 0.3) is 10.8 Å². The lowest BCUT2D eigenvalue weighted by Crippen LogP contribution is -2.57. The van der Waals surface area contributed by atoms with Crippen LogP contribution in [-0.4, -0.2) is 53.5 Å². The molecule has 3 atom stereocenters. The van der Waals surface area contributed by atoms with E-state index in [9.17, 15) is 4.79 Å². The molecule has 2 aromatic carbocycles. The van der Waals surface area contributed by atoms with Gasteiger partial charge in [-0.1, -0.05) is 12.1 Å². The number of fused-ring (bicyclic) bond motifs is 3. The SMILES string of the molecule is COCCOc1c2c(c(OC)c3c(OC)cccc13)C1(OC)C(=O)CC2OC1C. The molecule has 0 N–H and O–H groups in total. The highest BCUT2D eigenvalue weighted by molar-refractivity contribution is 6.05. The molecule has 0 radical (unpaired) electrons. The molecule has 29 heavy (non-hydrogen) atoms. The standard InChI is InChI=1S/C22H26O7/c1-12-22(27-5)16(23)11-15(29-12)18-19(22)21(26-4)17-13(7-6-8-14(17)25-3)20(18)28-10-9-24-2/h6-8,12,15H,9-11H2,1-5H3. The van der Waals surface area contributed by atoms with Gasteiger partial charge in [-0.05, 0) is 13.0 Å². The van der Waals surface area contributed by atoms with Crippen molar-refractivity contribution in [2.45, 2.75) is 31.2 Å². The number of methoxy groups -OCH3 is 4. The molecule has 2 heterocycles. The number of Topliss-reactive ketones (excluding diaryl/α,β-unsaturated/α-hetero) is 1. The number of rotatable bonds is 7. The van der Waals surface area contributed by atoms with Crippen LogP contribution in [0.15, 0.2) is 18.2 Å². The summed E-state index contributed by atoms with van der Waals surface area (Å²) in [6.07, 6.45) is -0.657. The Morgan fingerprint density at radius 2 is 1.90 bits per heavy atom. The molecule has 0 aromatic heterocycles. The van der Waals surface area contributed by atoms with Gasteiger partial charge >= 0.3 is 0 Å². The van der Waals surface area contributed by atoms with Crippen molar-refractivity contribution in [3.05, 3.63) is 29.3 Å². The van der Waals surface area contributed by atoms with Crippen molar-refractivity contribution >= 4 is 16.6 Å². The molecule has 7 nitrogen and oxygen atoms in total. The zero-order chi connectivity index (χ0) is 20.8. The second kappa shape index (κ2) is 7.48. The van der Waals surface area contributed by atoms with Crippen molar-refractivity contribution in [3.63, 3.8) is 0 Å². The minimum absolute atomic E-state index is 0.0216. The van der Waals surface area contributed by atoms with Crippen molar-refractivity contribution < 1.29 is 33.2 Å². The lowest BCUT2D eigenvalue weighted by Gasteiger charge is -2.50. The zero-order valence-electron chi connectivity index (χ0n) is 17.4. The topological polar surface area (TPSA) is 72.5 Å². The fraction of sp³-hybridized carbons (Fsp3) is 0.500. The summed E-state index contributed by atoms with van der Waals surface area (Å²) in [5.74, 6) is 1.82. The van der Waals surface area contributed by atoms with E-state index in [4.69, 9.17) is 28.4 Å². The van der Waals surface area contributed by atoms with Crippen LogP contribution in [0.2, 0.25) is 0 Å². The molecule has 7 heteroatoms. The Labute approximate surface area is 169 Å². The third-order valence-electron chi connectivity index (χ3n) is 5.94. The van der Waals surface area contributed by atoms with E-state index in [1.807, 2.05) is 25.1 Å². The summed E-state index contributed by atoms with van der Waals surface area (Å²) < 4.78 is 34.9. The van der Waals surface area contributed by atoms with Crippen LogP contribution >= 0.6 is 0 Å². The van der Waals surface area contributed by atoms with Gasteiger partial charge in [0.25, 0.3) is 0 Å². The van der Waals surface area contributed by atoms with E-state index < -0.39 is 17.8 Å². The van der Waals surface area contributed by atoms with Gasteiger partial charge in [0.1, 0.15) is 23.9 Å². The lowest BCUT2D eigenvalue weighted by atomic mass is 9.69. The number of hydrogen-bond acceptors (Lipinski definition) is 7. The Balaban J connectivity index is 2.13. The van der Waals surface area contributed by atoms with E-state index in [-0.39, 0.29) is 12.2 Å². The molecule has 3 unspecified atom stereocenters. The van der Waals surface area contributed by atoms with Crippen LogP contribution in [0.1, 0.15) is 30.6 Å². The first-order valence-corrected chi connectivity index (χ1v) is 9.61.